The van der Waals surface area contributed by atoms with E-state index in [1.54, 1.807) is 0 Å². The van der Waals surface area contributed by atoms with Gasteiger partial charge < -0.3 is 10.2 Å². The molecule has 1 amide bonds. The second-order valence-electron chi connectivity index (χ2n) is 5.22. The highest BCUT2D eigenvalue weighted by Crippen LogP contribution is 2.16. The van der Waals surface area contributed by atoms with E-state index in [9.17, 15) is 4.79 Å². The Labute approximate surface area is 120 Å². The SMILES string of the molecule is CNC1CCN(C(=O)c2cc(C(C)C)[nH]n2)CC1.Cl. The first-order valence-electron chi connectivity index (χ1n) is 6.63. The zero-order valence-corrected chi connectivity index (χ0v) is 12.6. The number of carbonyl (C=O) groups is 1. The Morgan fingerprint density at radius 2 is 2.11 bits per heavy atom. The molecule has 0 aromatic carbocycles. The van der Waals surface area contributed by atoms with Crippen LogP contribution in [0.25, 0.3) is 0 Å². The van der Waals surface area contributed by atoms with Crippen molar-refractivity contribution < 1.29 is 4.79 Å². The van der Waals surface area contributed by atoms with E-state index in [-0.39, 0.29) is 18.3 Å². The number of carbonyl (C=O) groups excluding carboxylic acids is 1. The van der Waals surface area contributed by atoms with Crippen molar-refractivity contribution in [3.63, 3.8) is 0 Å². The maximum Gasteiger partial charge on any atom is 0.274 e. The van der Waals surface area contributed by atoms with Crippen molar-refractivity contribution >= 4 is 18.3 Å². The number of amides is 1. The number of H-pyrrole nitrogens is 1. The zero-order chi connectivity index (χ0) is 13.1. The smallest absolute Gasteiger partial charge is 0.274 e. The van der Waals surface area contributed by atoms with Gasteiger partial charge in [0.25, 0.3) is 5.91 Å². The normalized spacial score (nSPS) is 16.5. The van der Waals surface area contributed by atoms with Crippen LogP contribution in [0, 0.1) is 0 Å². The molecule has 0 aliphatic carbocycles. The van der Waals surface area contributed by atoms with Crippen molar-refractivity contribution in [2.24, 2.45) is 0 Å². The summed E-state index contributed by atoms with van der Waals surface area (Å²) in [5, 5.41) is 10.3. The van der Waals surface area contributed by atoms with Crippen LogP contribution in [0.15, 0.2) is 6.07 Å². The predicted molar refractivity (Wildman–Crippen MR) is 77.9 cm³/mol. The summed E-state index contributed by atoms with van der Waals surface area (Å²) in [4.78, 5) is 14.2. The van der Waals surface area contributed by atoms with Crippen LogP contribution in [0.1, 0.15) is 48.8 Å². The first-order chi connectivity index (χ1) is 8.61. The van der Waals surface area contributed by atoms with E-state index in [1.807, 2.05) is 18.0 Å². The van der Waals surface area contributed by atoms with Crippen LogP contribution in [0.5, 0.6) is 0 Å². The lowest BCUT2D eigenvalue weighted by atomic mass is 10.0. The van der Waals surface area contributed by atoms with E-state index in [4.69, 9.17) is 0 Å². The molecule has 2 rings (SSSR count). The molecule has 0 radical (unpaired) electrons. The van der Waals surface area contributed by atoms with Gasteiger partial charge >= 0.3 is 0 Å². The van der Waals surface area contributed by atoms with Gasteiger partial charge in [0.05, 0.1) is 0 Å². The molecule has 1 saturated heterocycles. The molecular formula is C13H23ClN4O. The first-order valence-corrected chi connectivity index (χ1v) is 6.63. The Kier molecular flexibility index (Phi) is 5.82. The molecule has 1 aliphatic rings. The standard InChI is InChI=1S/C13H22N4O.ClH/c1-9(2)11-8-12(16-15-11)13(18)17-6-4-10(14-3)5-7-17;/h8-10,14H,4-7H2,1-3H3,(H,15,16);1H. The third kappa shape index (κ3) is 3.70. The quantitative estimate of drug-likeness (QED) is 0.890. The van der Waals surface area contributed by atoms with Crippen molar-refractivity contribution in [1.82, 2.24) is 20.4 Å². The van der Waals surface area contributed by atoms with Crippen LogP contribution in [0.4, 0.5) is 0 Å². The van der Waals surface area contributed by atoms with Gasteiger partial charge in [-0.15, -0.1) is 12.4 Å². The topological polar surface area (TPSA) is 61.0 Å². The van der Waals surface area contributed by atoms with Crippen LogP contribution < -0.4 is 5.32 Å². The summed E-state index contributed by atoms with van der Waals surface area (Å²) in [6.07, 6.45) is 2.04. The van der Waals surface area contributed by atoms with Crippen molar-refractivity contribution in [3.05, 3.63) is 17.5 Å². The molecule has 6 heteroatoms. The Morgan fingerprint density at radius 3 is 2.58 bits per heavy atom. The number of hydrogen-bond donors (Lipinski definition) is 2. The molecule has 1 aromatic rings. The monoisotopic (exact) mass is 286 g/mol. The van der Waals surface area contributed by atoms with Crippen LogP contribution in [-0.2, 0) is 0 Å². The third-order valence-corrected chi connectivity index (χ3v) is 3.63. The summed E-state index contributed by atoms with van der Waals surface area (Å²) in [5.41, 5.74) is 1.56. The highest BCUT2D eigenvalue weighted by atomic mass is 35.5. The van der Waals surface area contributed by atoms with Gasteiger partial charge in [0.15, 0.2) is 0 Å². The molecular weight excluding hydrogens is 264 g/mol. The van der Waals surface area contributed by atoms with Gasteiger partial charge in [-0.1, -0.05) is 13.8 Å². The molecule has 2 heterocycles. The minimum Gasteiger partial charge on any atom is -0.337 e. The third-order valence-electron chi connectivity index (χ3n) is 3.63. The second kappa shape index (κ2) is 6.91. The van der Waals surface area contributed by atoms with Crippen LogP contribution in [0.2, 0.25) is 0 Å². The lowest BCUT2D eigenvalue weighted by Gasteiger charge is -2.31. The second-order valence-corrected chi connectivity index (χ2v) is 5.22. The fraction of sp³-hybridized carbons (Fsp3) is 0.692. The van der Waals surface area contributed by atoms with Crippen LogP contribution >= 0.6 is 12.4 Å². The molecule has 1 fully saturated rings. The van der Waals surface area contributed by atoms with E-state index in [2.05, 4.69) is 29.4 Å². The average molecular weight is 287 g/mol. The summed E-state index contributed by atoms with van der Waals surface area (Å²) >= 11 is 0. The number of hydrogen-bond acceptors (Lipinski definition) is 3. The number of halogens is 1. The minimum absolute atomic E-state index is 0. The van der Waals surface area contributed by atoms with Crippen molar-refractivity contribution in [2.75, 3.05) is 20.1 Å². The Bertz CT molecular complexity index is 411. The molecule has 5 nitrogen and oxygen atoms in total. The highest BCUT2D eigenvalue weighted by Gasteiger charge is 2.24. The number of nitrogens with zero attached hydrogens (tertiary/aromatic N) is 2. The van der Waals surface area contributed by atoms with E-state index in [1.165, 1.54) is 0 Å². The maximum atomic E-state index is 12.3. The summed E-state index contributed by atoms with van der Waals surface area (Å²) < 4.78 is 0. The lowest BCUT2D eigenvalue weighted by molar-refractivity contribution is 0.0701. The van der Waals surface area contributed by atoms with Gasteiger partial charge in [0.1, 0.15) is 5.69 Å². The number of aromatic amines is 1. The molecule has 1 aromatic heterocycles. The number of nitrogens with one attached hydrogen (secondary N) is 2. The molecule has 2 N–H and O–H groups in total. The van der Waals surface area contributed by atoms with Crippen molar-refractivity contribution in [1.29, 1.82) is 0 Å². The molecule has 0 unspecified atom stereocenters. The Balaban J connectivity index is 0.00000180. The Morgan fingerprint density at radius 1 is 1.47 bits per heavy atom. The molecule has 0 spiro atoms. The Hall–Kier alpha value is -1.07. The summed E-state index contributed by atoms with van der Waals surface area (Å²) in [6, 6.07) is 2.41. The van der Waals surface area contributed by atoms with Gasteiger partial charge in [0, 0.05) is 24.8 Å². The molecule has 108 valence electrons. The predicted octanol–water partition coefficient (Wildman–Crippen LogP) is 1.78. The maximum absolute atomic E-state index is 12.3. The molecule has 1 aliphatic heterocycles. The largest absolute Gasteiger partial charge is 0.337 e. The van der Waals surface area contributed by atoms with Crippen molar-refractivity contribution in [2.45, 2.75) is 38.6 Å². The summed E-state index contributed by atoms with van der Waals surface area (Å²) in [7, 11) is 1.98. The summed E-state index contributed by atoms with van der Waals surface area (Å²) in [6.45, 7) is 5.79. The molecule has 0 saturated carbocycles. The van der Waals surface area contributed by atoms with E-state index in [0.717, 1.165) is 31.6 Å². The van der Waals surface area contributed by atoms with Crippen LogP contribution in [-0.4, -0.2) is 47.2 Å². The van der Waals surface area contributed by atoms with Crippen molar-refractivity contribution in [3.8, 4) is 0 Å². The lowest BCUT2D eigenvalue weighted by Crippen LogP contribution is -2.44. The summed E-state index contributed by atoms with van der Waals surface area (Å²) in [5.74, 6) is 0.418. The molecule has 0 bridgehead atoms. The fourth-order valence-corrected chi connectivity index (χ4v) is 2.28. The highest BCUT2D eigenvalue weighted by molar-refractivity contribution is 5.92. The van der Waals surface area contributed by atoms with Gasteiger partial charge in [0.2, 0.25) is 0 Å². The number of rotatable bonds is 3. The fourth-order valence-electron chi connectivity index (χ4n) is 2.28. The van der Waals surface area contributed by atoms with Gasteiger partial charge in [-0.3, -0.25) is 9.89 Å². The number of likely N-dealkylation sites (tertiary alicyclic amines) is 1. The van der Waals surface area contributed by atoms with Gasteiger partial charge in [-0.25, -0.2) is 0 Å². The first kappa shape index (κ1) is 16.0. The van der Waals surface area contributed by atoms with E-state index >= 15 is 0 Å². The minimum atomic E-state index is 0. The van der Waals surface area contributed by atoms with E-state index < -0.39 is 0 Å². The van der Waals surface area contributed by atoms with Gasteiger partial charge in [-0.05, 0) is 31.9 Å². The number of aromatic nitrogens is 2. The zero-order valence-electron chi connectivity index (χ0n) is 11.8. The van der Waals surface area contributed by atoms with Crippen LogP contribution in [0.3, 0.4) is 0 Å². The number of piperidine rings is 1. The van der Waals surface area contributed by atoms with Gasteiger partial charge in [-0.2, -0.15) is 5.10 Å². The average Bonchev–Trinajstić information content (AvgIpc) is 2.88. The van der Waals surface area contributed by atoms with E-state index in [0.29, 0.717) is 17.7 Å². The molecule has 19 heavy (non-hydrogen) atoms. The molecule has 0 atom stereocenters.